The third-order valence-corrected chi connectivity index (χ3v) is 2.44. The molecule has 0 atom stereocenters. The second-order valence-corrected chi connectivity index (χ2v) is 3.13. The van der Waals surface area contributed by atoms with Crippen molar-refractivity contribution in [2.75, 3.05) is 0 Å². The van der Waals surface area contributed by atoms with Crippen molar-refractivity contribution in [2.45, 2.75) is 6.92 Å². The SMILES string of the molecule is Cc1c(I)ccc(F)c1F. The van der Waals surface area contributed by atoms with E-state index in [1.165, 1.54) is 0 Å². The van der Waals surface area contributed by atoms with Gasteiger partial charge in [0.2, 0.25) is 0 Å². The van der Waals surface area contributed by atoms with Gasteiger partial charge < -0.3 is 0 Å². The first-order valence-electron chi connectivity index (χ1n) is 2.73. The molecule has 0 fully saturated rings. The van der Waals surface area contributed by atoms with Crippen molar-refractivity contribution in [3.63, 3.8) is 0 Å². The van der Waals surface area contributed by atoms with Gasteiger partial charge in [-0.3, -0.25) is 0 Å². The first-order chi connectivity index (χ1) is 4.63. The van der Waals surface area contributed by atoms with E-state index in [1.54, 1.807) is 13.0 Å². The first-order valence-corrected chi connectivity index (χ1v) is 3.81. The minimum Gasteiger partial charge on any atom is -0.204 e. The molecule has 0 aromatic heterocycles. The number of rotatable bonds is 0. The van der Waals surface area contributed by atoms with E-state index in [1.807, 2.05) is 22.6 Å². The van der Waals surface area contributed by atoms with Crippen LogP contribution < -0.4 is 0 Å². The molecule has 0 N–H and O–H groups in total. The zero-order valence-corrected chi connectivity index (χ0v) is 7.45. The Bertz CT molecular complexity index is 231. The Morgan fingerprint density at radius 2 is 1.90 bits per heavy atom. The van der Waals surface area contributed by atoms with E-state index < -0.39 is 11.6 Å². The second-order valence-electron chi connectivity index (χ2n) is 1.97. The van der Waals surface area contributed by atoms with Gasteiger partial charge >= 0.3 is 0 Å². The summed E-state index contributed by atoms with van der Waals surface area (Å²) >= 11 is 1.96. The number of hydrogen-bond donors (Lipinski definition) is 0. The fourth-order valence-corrected chi connectivity index (χ4v) is 1.05. The van der Waals surface area contributed by atoms with Crippen LogP contribution in [0.4, 0.5) is 8.78 Å². The highest BCUT2D eigenvalue weighted by molar-refractivity contribution is 14.1. The summed E-state index contributed by atoms with van der Waals surface area (Å²) in [4.78, 5) is 0. The summed E-state index contributed by atoms with van der Waals surface area (Å²) in [6, 6.07) is 2.68. The van der Waals surface area contributed by atoms with Crippen LogP contribution in [0.1, 0.15) is 5.56 Å². The molecule has 0 spiro atoms. The van der Waals surface area contributed by atoms with Crippen molar-refractivity contribution in [1.29, 1.82) is 0 Å². The molecule has 0 bridgehead atoms. The zero-order valence-electron chi connectivity index (χ0n) is 5.29. The summed E-state index contributed by atoms with van der Waals surface area (Å²) < 4.78 is 25.7. The highest BCUT2D eigenvalue weighted by atomic mass is 127. The maximum absolute atomic E-state index is 12.6. The Balaban J connectivity index is 3.34. The van der Waals surface area contributed by atoms with Crippen molar-refractivity contribution >= 4 is 22.6 Å². The fourth-order valence-electron chi connectivity index (χ4n) is 0.628. The maximum atomic E-state index is 12.6. The molecule has 0 aliphatic rings. The molecule has 0 heterocycles. The van der Waals surface area contributed by atoms with Crippen LogP contribution in [-0.4, -0.2) is 0 Å². The average Bonchev–Trinajstić information content (AvgIpc) is 1.93. The predicted molar refractivity (Wildman–Crippen MR) is 43.8 cm³/mol. The lowest BCUT2D eigenvalue weighted by atomic mass is 10.2. The lowest BCUT2D eigenvalue weighted by Gasteiger charge is -1.98. The lowest BCUT2D eigenvalue weighted by molar-refractivity contribution is 0.502. The molecule has 54 valence electrons. The molecular weight excluding hydrogens is 249 g/mol. The Labute approximate surface area is 71.4 Å². The fraction of sp³-hybridized carbons (Fsp3) is 0.143. The van der Waals surface area contributed by atoms with Gasteiger partial charge in [-0.1, -0.05) is 0 Å². The molecule has 0 aliphatic heterocycles. The van der Waals surface area contributed by atoms with Gasteiger partial charge in [-0.25, -0.2) is 8.78 Å². The smallest absolute Gasteiger partial charge is 0.162 e. The van der Waals surface area contributed by atoms with E-state index in [9.17, 15) is 8.78 Å². The molecule has 0 unspecified atom stereocenters. The zero-order chi connectivity index (χ0) is 7.72. The van der Waals surface area contributed by atoms with Crippen molar-refractivity contribution in [3.8, 4) is 0 Å². The molecule has 3 heteroatoms. The largest absolute Gasteiger partial charge is 0.204 e. The van der Waals surface area contributed by atoms with E-state index in [2.05, 4.69) is 0 Å². The molecule has 1 aromatic carbocycles. The molecule has 1 rings (SSSR count). The molecule has 0 aliphatic carbocycles. The van der Waals surface area contributed by atoms with E-state index in [4.69, 9.17) is 0 Å². The van der Waals surface area contributed by atoms with Crippen LogP contribution in [-0.2, 0) is 0 Å². The van der Waals surface area contributed by atoms with Crippen molar-refractivity contribution in [2.24, 2.45) is 0 Å². The summed E-state index contributed by atoms with van der Waals surface area (Å²) in [5.74, 6) is -1.52. The van der Waals surface area contributed by atoms with E-state index >= 15 is 0 Å². The van der Waals surface area contributed by atoms with Crippen LogP contribution in [0.15, 0.2) is 12.1 Å². The molecule has 0 amide bonds. The van der Waals surface area contributed by atoms with Gasteiger partial charge in [0.25, 0.3) is 0 Å². The van der Waals surface area contributed by atoms with Crippen molar-refractivity contribution < 1.29 is 8.78 Å². The van der Waals surface area contributed by atoms with Crippen molar-refractivity contribution in [3.05, 3.63) is 32.9 Å². The Kier molecular flexibility index (Phi) is 2.23. The summed E-state index contributed by atoms with van der Waals surface area (Å²) in [6.45, 7) is 1.56. The number of halogens is 3. The van der Waals surface area contributed by atoms with Crippen LogP contribution in [0.2, 0.25) is 0 Å². The van der Waals surface area contributed by atoms with E-state index in [0.29, 0.717) is 5.56 Å². The Hall–Kier alpha value is -0.190. The molecule has 0 saturated carbocycles. The molecular formula is C7H5F2I. The topological polar surface area (TPSA) is 0 Å². The number of hydrogen-bond acceptors (Lipinski definition) is 0. The van der Waals surface area contributed by atoms with Gasteiger partial charge in [0.05, 0.1) is 0 Å². The average molecular weight is 254 g/mol. The van der Waals surface area contributed by atoms with E-state index in [0.717, 1.165) is 9.64 Å². The Morgan fingerprint density at radius 3 is 2.40 bits per heavy atom. The van der Waals surface area contributed by atoms with Crippen LogP contribution >= 0.6 is 22.6 Å². The van der Waals surface area contributed by atoms with Crippen LogP contribution in [0, 0.1) is 22.1 Å². The maximum Gasteiger partial charge on any atom is 0.162 e. The highest BCUT2D eigenvalue weighted by Crippen LogP contribution is 2.16. The molecule has 10 heavy (non-hydrogen) atoms. The summed E-state index contributed by atoms with van der Waals surface area (Å²) in [5.41, 5.74) is 0.376. The highest BCUT2D eigenvalue weighted by Gasteiger charge is 2.06. The van der Waals surface area contributed by atoms with Gasteiger partial charge in [0.15, 0.2) is 11.6 Å². The molecule has 0 saturated heterocycles. The van der Waals surface area contributed by atoms with Gasteiger partial charge in [-0.05, 0) is 41.6 Å². The normalized spacial score (nSPS) is 10.0. The summed E-state index contributed by atoms with van der Waals surface area (Å²) in [7, 11) is 0. The van der Waals surface area contributed by atoms with Crippen LogP contribution in [0.25, 0.3) is 0 Å². The minimum atomic E-state index is -0.780. The quantitative estimate of drug-likeness (QED) is 0.493. The lowest BCUT2D eigenvalue weighted by Crippen LogP contribution is -1.90. The van der Waals surface area contributed by atoms with Gasteiger partial charge in [-0.15, -0.1) is 0 Å². The predicted octanol–water partition coefficient (Wildman–Crippen LogP) is 2.88. The molecule has 0 radical (unpaired) electrons. The van der Waals surface area contributed by atoms with Crippen LogP contribution in [0.3, 0.4) is 0 Å². The minimum absolute atomic E-state index is 0.376. The van der Waals surface area contributed by atoms with Crippen LogP contribution in [0.5, 0.6) is 0 Å². The first kappa shape index (κ1) is 7.91. The third kappa shape index (κ3) is 1.28. The Morgan fingerprint density at radius 1 is 1.30 bits per heavy atom. The summed E-state index contributed by atoms with van der Waals surface area (Å²) in [5, 5.41) is 0. The second kappa shape index (κ2) is 2.82. The monoisotopic (exact) mass is 254 g/mol. The van der Waals surface area contributed by atoms with Gasteiger partial charge in [-0.2, -0.15) is 0 Å². The summed E-state index contributed by atoms with van der Waals surface area (Å²) in [6.07, 6.45) is 0. The van der Waals surface area contributed by atoms with Crippen molar-refractivity contribution in [1.82, 2.24) is 0 Å². The molecule has 0 nitrogen and oxygen atoms in total. The van der Waals surface area contributed by atoms with Gasteiger partial charge in [0, 0.05) is 9.13 Å². The number of benzene rings is 1. The standard InChI is InChI=1S/C7H5F2I/c1-4-6(10)3-2-5(8)7(4)9/h2-3H,1H3. The third-order valence-electron chi connectivity index (χ3n) is 1.27. The molecule has 1 aromatic rings. The van der Waals surface area contributed by atoms with Gasteiger partial charge in [0.1, 0.15) is 0 Å². The van der Waals surface area contributed by atoms with E-state index in [-0.39, 0.29) is 0 Å².